The smallest absolute Gasteiger partial charge is 0.0741 e. The average molecular weight is 267 g/mol. The molecule has 1 aliphatic carbocycles. The normalized spacial score (nSPS) is 49.3. The standard InChI is InChI=1S/C16H29NO2/c1-14(2)6-3-7-16(18,9-8-14)15(11-17)10-12-4-5-13(15)19-12/h12-13,18H,3-11,17H2,1-2H3. The van der Waals surface area contributed by atoms with Crippen molar-refractivity contribution >= 4 is 0 Å². The molecule has 0 radical (unpaired) electrons. The molecule has 0 amide bonds. The fourth-order valence-corrected chi connectivity index (χ4v) is 4.85. The summed E-state index contributed by atoms with van der Waals surface area (Å²) in [4.78, 5) is 0. The van der Waals surface area contributed by atoms with Gasteiger partial charge in [-0.05, 0) is 50.4 Å². The fourth-order valence-electron chi connectivity index (χ4n) is 4.85. The highest BCUT2D eigenvalue weighted by molar-refractivity contribution is 5.12. The van der Waals surface area contributed by atoms with E-state index in [1.165, 1.54) is 6.42 Å². The molecule has 3 N–H and O–H groups in total. The lowest BCUT2D eigenvalue weighted by atomic mass is 9.60. The summed E-state index contributed by atoms with van der Waals surface area (Å²) in [6.45, 7) is 5.22. The van der Waals surface area contributed by atoms with E-state index in [-0.39, 0.29) is 11.5 Å². The highest BCUT2D eigenvalue weighted by atomic mass is 16.5. The quantitative estimate of drug-likeness (QED) is 0.756. The maximum absolute atomic E-state index is 11.4. The van der Waals surface area contributed by atoms with E-state index in [4.69, 9.17) is 10.5 Å². The van der Waals surface area contributed by atoms with Crippen LogP contribution >= 0.6 is 0 Å². The Hall–Kier alpha value is -0.120. The minimum Gasteiger partial charge on any atom is -0.389 e. The van der Waals surface area contributed by atoms with Crippen molar-refractivity contribution < 1.29 is 9.84 Å². The van der Waals surface area contributed by atoms with Gasteiger partial charge in [0.2, 0.25) is 0 Å². The van der Waals surface area contributed by atoms with Crippen molar-refractivity contribution in [3.63, 3.8) is 0 Å². The third-order valence-corrected chi connectivity index (χ3v) is 6.27. The number of aliphatic hydroxyl groups is 1. The zero-order valence-electron chi connectivity index (χ0n) is 12.5. The van der Waals surface area contributed by atoms with Crippen LogP contribution in [-0.4, -0.2) is 29.5 Å². The maximum atomic E-state index is 11.4. The molecule has 3 heteroatoms. The molecule has 110 valence electrons. The van der Waals surface area contributed by atoms with Gasteiger partial charge in [0.25, 0.3) is 0 Å². The largest absolute Gasteiger partial charge is 0.389 e. The minimum absolute atomic E-state index is 0.170. The van der Waals surface area contributed by atoms with Crippen LogP contribution in [0.25, 0.3) is 0 Å². The second-order valence-electron chi connectivity index (χ2n) is 7.94. The second-order valence-corrected chi connectivity index (χ2v) is 7.94. The Bertz CT molecular complexity index is 357. The molecule has 1 saturated carbocycles. The van der Waals surface area contributed by atoms with Crippen LogP contribution in [0.5, 0.6) is 0 Å². The monoisotopic (exact) mass is 267 g/mol. The van der Waals surface area contributed by atoms with Crippen molar-refractivity contribution in [2.75, 3.05) is 6.54 Å². The van der Waals surface area contributed by atoms with Crippen LogP contribution in [0.15, 0.2) is 0 Å². The number of ether oxygens (including phenoxy) is 1. The molecule has 2 bridgehead atoms. The van der Waals surface area contributed by atoms with E-state index in [0.717, 1.165) is 44.9 Å². The molecule has 0 aromatic heterocycles. The molecule has 19 heavy (non-hydrogen) atoms. The SMILES string of the molecule is CC1(C)CCCC(O)(C2(CN)CC3CCC2O3)CC1. The first kappa shape index (κ1) is 13.8. The van der Waals surface area contributed by atoms with Gasteiger partial charge in [0.15, 0.2) is 0 Å². The summed E-state index contributed by atoms with van der Waals surface area (Å²) in [5.74, 6) is 0. The van der Waals surface area contributed by atoms with Gasteiger partial charge in [-0.25, -0.2) is 0 Å². The van der Waals surface area contributed by atoms with Gasteiger partial charge in [0.05, 0.1) is 17.8 Å². The summed E-state index contributed by atoms with van der Waals surface area (Å²) in [5, 5.41) is 11.4. The minimum atomic E-state index is -0.602. The van der Waals surface area contributed by atoms with Gasteiger partial charge in [-0.1, -0.05) is 20.3 Å². The van der Waals surface area contributed by atoms with Crippen molar-refractivity contribution in [3.8, 4) is 0 Å². The Labute approximate surface area is 116 Å². The molecule has 4 atom stereocenters. The van der Waals surface area contributed by atoms with Crippen LogP contribution in [0.1, 0.15) is 65.2 Å². The number of hydrogen-bond donors (Lipinski definition) is 2. The van der Waals surface area contributed by atoms with E-state index in [0.29, 0.717) is 18.1 Å². The van der Waals surface area contributed by atoms with Crippen molar-refractivity contribution in [3.05, 3.63) is 0 Å². The first-order chi connectivity index (χ1) is 8.91. The molecule has 3 fully saturated rings. The number of rotatable bonds is 2. The highest BCUT2D eigenvalue weighted by Gasteiger charge is 2.61. The maximum Gasteiger partial charge on any atom is 0.0741 e. The lowest BCUT2D eigenvalue weighted by Gasteiger charge is -2.48. The summed E-state index contributed by atoms with van der Waals surface area (Å²) < 4.78 is 6.05. The second kappa shape index (κ2) is 4.44. The number of nitrogens with two attached hydrogens (primary N) is 1. The third-order valence-electron chi connectivity index (χ3n) is 6.27. The number of hydrogen-bond acceptors (Lipinski definition) is 3. The van der Waals surface area contributed by atoms with Gasteiger partial charge in [0.1, 0.15) is 0 Å². The zero-order valence-corrected chi connectivity index (χ0v) is 12.5. The van der Waals surface area contributed by atoms with Gasteiger partial charge in [0, 0.05) is 12.0 Å². The van der Waals surface area contributed by atoms with Crippen molar-refractivity contribution in [1.29, 1.82) is 0 Å². The van der Waals surface area contributed by atoms with Crippen LogP contribution in [0.2, 0.25) is 0 Å². The summed E-state index contributed by atoms with van der Waals surface area (Å²) in [6, 6.07) is 0. The number of fused-ring (bicyclic) bond motifs is 2. The third kappa shape index (κ3) is 2.05. The highest BCUT2D eigenvalue weighted by Crippen LogP contribution is 2.57. The van der Waals surface area contributed by atoms with E-state index in [1.807, 2.05) is 0 Å². The van der Waals surface area contributed by atoms with Crippen LogP contribution in [0.4, 0.5) is 0 Å². The summed E-state index contributed by atoms with van der Waals surface area (Å²) in [5.41, 5.74) is 5.74. The Morgan fingerprint density at radius 3 is 2.53 bits per heavy atom. The molecule has 0 aromatic rings. The molecule has 2 saturated heterocycles. The lowest BCUT2D eigenvalue weighted by Crippen LogP contribution is -2.57. The summed E-state index contributed by atoms with van der Waals surface area (Å²) >= 11 is 0. The first-order valence-corrected chi connectivity index (χ1v) is 7.99. The average Bonchev–Trinajstić information content (AvgIpc) is 2.93. The zero-order chi connectivity index (χ0) is 13.7. The molecule has 0 aromatic carbocycles. The Balaban J connectivity index is 1.86. The van der Waals surface area contributed by atoms with Gasteiger partial charge < -0.3 is 15.6 Å². The summed E-state index contributed by atoms with van der Waals surface area (Å²) in [7, 11) is 0. The van der Waals surface area contributed by atoms with E-state index >= 15 is 0 Å². The molecule has 0 spiro atoms. The topological polar surface area (TPSA) is 55.5 Å². The Morgan fingerprint density at radius 2 is 1.95 bits per heavy atom. The van der Waals surface area contributed by atoms with E-state index in [1.54, 1.807) is 0 Å². The Morgan fingerprint density at radius 1 is 1.16 bits per heavy atom. The molecule has 2 heterocycles. The molecule has 2 aliphatic heterocycles. The van der Waals surface area contributed by atoms with Gasteiger partial charge >= 0.3 is 0 Å². The molecule has 3 nitrogen and oxygen atoms in total. The van der Waals surface area contributed by atoms with Crippen molar-refractivity contribution in [2.45, 2.75) is 83.0 Å². The van der Waals surface area contributed by atoms with E-state index in [2.05, 4.69) is 13.8 Å². The predicted octanol–water partition coefficient (Wildman–Crippen LogP) is 2.60. The van der Waals surface area contributed by atoms with Gasteiger partial charge in [-0.2, -0.15) is 0 Å². The predicted molar refractivity (Wildman–Crippen MR) is 75.8 cm³/mol. The van der Waals surface area contributed by atoms with Crippen LogP contribution < -0.4 is 5.73 Å². The molecular weight excluding hydrogens is 238 g/mol. The van der Waals surface area contributed by atoms with Crippen LogP contribution in [-0.2, 0) is 4.74 Å². The van der Waals surface area contributed by atoms with Crippen molar-refractivity contribution in [2.24, 2.45) is 16.6 Å². The van der Waals surface area contributed by atoms with Crippen LogP contribution in [0.3, 0.4) is 0 Å². The van der Waals surface area contributed by atoms with Gasteiger partial charge in [-0.15, -0.1) is 0 Å². The van der Waals surface area contributed by atoms with Crippen molar-refractivity contribution in [1.82, 2.24) is 0 Å². The molecule has 4 unspecified atom stereocenters. The Kier molecular flexibility index (Phi) is 3.23. The van der Waals surface area contributed by atoms with Gasteiger partial charge in [-0.3, -0.25) is 0 Å². The first-order valence-electron chi connectivity index (χ1n) is 7.99. The fraction of sp³-hybridized carbons (Fsp3) is 1.00. The molecular formula is C16H29NO2. The van der Waals surface area contributed by atoms with Crippen LogP contribution in [0, 0.1) is 10.8 Å². The van der Waals surface area contributed by atoms with E-state index in [9.17, 15) is 5.11 Å². The molecule has 3 aliphatic rings. The lowest BCUT2D eigenvalue weighted by molar-refractivity contribution is -0.121. The van der Waals surface area contributed by atoms with E-state index < -0.39 is 5.60 Å². The summed E-state index contributed by atoms with van der Waals surface area (Å²) in [6.07, 6.45) is 9.01. The molecule has 3 rings (SSSR count).